The molecule has 0 radical (unpaired) electrons. The summed E-state index contributed by atoms with van der Waals surface area (Å²) in [7, 11) is 6.65. The number of hydrogen-bond donors (Lipinski definition) is 3. The van der Waals surface area contributed by atoms with E-state index in [9.17, 15) is 33.9 Å². The normalized spacial score (nSPS) is 39.0. The zero-order valence-electron chi connectivity index (χ0n) is 36.6. The van der Waals surface area contributed by atoms with Gasteiger partial charge in [0, 0.05) is 58.5 Å². The predicted octanol–water partition coefficient (Wildman–Crippen LogP) is 8.18. The topological polar surface area (TPSA) is 200 Å². The fraction of sp³-hybridized carbons (Fsp3) is 0.870. The van der Waals surface area contributed by atoms with E-state index in [0.29, 0.717) is 17.6 Å². The maximum atomic E-state index is 11.7. The van der Waals surface area contributed by atoms with E-state index in [4.69, 9.17) is 29.2 Å². The first-order valence-electron chi connectivity index (χ1n) is 22.0. The highest BCUT2D eigenvalue weighted by molar-refractivity contribution is 5.84. The second-order valence-corrected chi connectivity index (χ2v) is 20.7. The minimum absolute atomic E-state index is 0.00598. The molecule has 0 aromatic carbocycles. The lowest BCUT2D eigenvalue weighted by molar-refractivity contribution is -0.149. The molecule has 13 nitrogen and oxygen atoms in total. The molecule has 3 N–H and O–H groups in total. The van der Waals surface area contributed by atoms with Crippen LogP contribution >= 0.6 is 0 Å². The maximum absolute atomic E-state index is 11.7. The van der Waals surface area contributed by atoms with E-state index in [1.54, 1.807) is 42.3 Å². The number of ketones is 2. The number of carbonyl (C=O) groups is 6. The molecule has 0 aliphatic heterocycles. The van der Waals surface area contributed by atoms with E-state index >= 15 is 0 Å². The molecule has 0 spiro atoms. The Balaban J connectivity index is 0.000000150. The van der Waals surface area contributed by atoms with Crippen LogP contribution in [-0.4, -0.2) is 92.1 Å². The summed E-state index contributed by atoms with van der Waals surface area (Å²) in [4.78, 5) is 66.8. The van der Waals surface area contributed by atoms with E-state index in [-0.39, 0.29) is 51.9 Å². The minimum Gasteiger partial charge on any atom is -0.481 e. The van der Waals surface area contributed by atoms with Crippen LogP contribution in [0.3, 0.4) is 0 Å². The molecule has 13 heteroatoms. The van der Waals surface area contributed by atoms with Crippen molar-refractivity contribution in [2.45, 2.75) is 181 Å². The summed E-state index contributed by atoms with van der Waals surface area (Å²) in [5.74, 6) is -1.33. The Morgan fingerprint density at radius 1 is 0.475 bits per heavy atom. The Morgan fingerprint density at radius 2 is 0.763 bits per heavy atom. The highest BCUT2D eigenvalue weighted by Crippen LogP contribution is 2.66. The van der Waals surface area contributed by atoms with Crippen LogP contribution in [0, 0.1) is 43.3 Å². The number of hydrogen-bond acceptors (Lipinski definition) is 10. The Kier molecular flexibility index (Phi) is 14.4. The minimum atomic E-state index is -0.716. The van der Waals surface area contributed by atoms with Gasteiger partial charge in [0.1, 0.15) is 17.9 Å². The van der Waals surface area contributed by atoms with E-state index in [0.717, 1.165) is 148 Å². The summed E-state index contributed by atoms with van der Waals surface area (Å²) >= 11 is 0. The molecule has 8 bridgehead atoms. The number of fused-ring (bicyclic) bond motifs is 8. The van der Waals surface area contributed by atoms with Crippen molar-refractivity contribution < 1.29 is 63.0 Å². The van der Waals surface area contributed by atoms with Gasteiger partial charge >= 0.3 is 17.9 Å². The molecule has 8 aliphatic rings. The molecule has 8 aliphatic carbocycles. The summed E-state index contributed by atoms with van der Waals surface area (Å²) in [5, 5.41) is 27.2. The average molecular weight is 833 g/mol. The molecule has 0 aromatic rings. The van der Waals surface area contributed by atoms with Crippen molar-refractivity contribution in [3.05, 3.63) is 0 Å². The summed E-state index contributed by atoms with van der Waals surface area (Å²) < 4.78 is 21.0. The Labute approximate surface area is 350 Å². The average Bonchev–Trinajstić information content (AvgIpc) is 4.08. The van der Waals surface area contributed by atoms with Crippen LogP contribution in [-0.2, 0) is 47.7 Å². The molecule has 8 rings (SSSR count). The van der Waals surface area contributed by atoms with Crippen LogP contribution in [0.25, 0.3) is 0 Å². The van der Waals surface area contributed by atoms with Gasteiger partial charge in [0.25, 0.3) is 0 Å². The number of aliphatic carboxylic acids is 3. The van der Waals surface area contributed by atoms with E-state index < -0.39 is 28.7 Å². The van der Waals surface area contributed by atoms with Crippen molar-refractivity contribution in [1.82, 2.24) is 0 Å². The third-order valence-corrected chi connectivity index (χ3v) is 17.6. The monoisotopic (exact) mass is 832 g/mol. The highest BCUT2D eigenvalue weighted by atomic mass is 16.7. The molecule has 0 amide bonds. The number of ether oxygens (including phenoxy) is 4. The van der Waals surface area contributed by atoms with Crippen LogP contribution in [0.4, 0.5) is 0 Å². The van der Waals surface area contributed by atoms with Gasteiger partial charge in [-0.1, -0.05) is 0 Å². The van der Waals surface area contributed by atoms with E-state index in [1.807, 2.05) is 0 Å². The molecular formula is C46H72O13. The van der Waals surface area contributed by atoms with Crippen LogP contribution < -0.4 is 0 Å². The van der Waals surface area contributed by atoms with Gasteiger partial charge in [-0.25, -0.2) is 0 Å². The van der Waals surface area contributed by atoms with Crippen molar-refractivity contribution >= 4 is 35.8 Å². The van der Waals surface area contributed by atoms with E-state index in [2.05, 4.69) is 0 Å². The Bertz CT molecular complexity index is 1480. The summed E-state index contributed by atoms with van der Waals surface area (Å²) in [5.41, 5.74) is -0.578. The number of aldehydes is 1. The molecule has 0 atom stereocenters. The van der Waals surface area contributed by atoms with Gasteiger partial charge in [-0.15, -0.1) is 0 Å². The van der Waals surface area contributed by atoms with Crippen molar-refractivity contribution in [1.29, 1.82) is 0 Å². The maximum Gasteiger partial charge on any atom is 0.309 e. The second-order valence-electron chi connectivity index (χ2n) is 20.7. The van der Waals surface area contributed by atoms with Crippen LogP contribution in [0.5, 0.6) is 0 Å². The largest absolute Gasteiger partial charge is 0.481 e. The molecule has 0 aromatic heterocycles. The highest BCUT2D eigenvalue weighted by Gasteiger charge is 2.60. The SMILES string of the molecule is CC(=O)C12CCC(CC(=O)O)(CC1)C2.COC(CC12CCC(C(=O)O)(CC1)C2)OC.COC(CC12CCC(C(C)=O)(CC1)C2)OC.O=CCC12CCC(C(=O)O)(CC1)C2. The van der Waals surface area contributed by atoms with Crippen molar-refractivity contribution in [2.75, 3.05) is 28.4 Å². The second kappa shape index (κ2) is 17.9. The van der Waals surface area contributed by atoms with Crippen LogP contribution in [0.15, 0.2) is 0 Å². The fourth-order valence-corrected chi connectivity index (χ4v) is 13.7. The molecular weight excluding hydrogens is 760 g/mol. The molecule has 0 saturated heterocycles. The molecule has 0 heterocycles. The van der Waals surface area contributed by atoms with Crippen molar-refractivity contribution in [3.63, 3.8) is 0 Å². The molecule has 8 saturated carbocycles. The van der Waals surface area contributed by atoms with Crippen molar-refractivity contribution in [3.8, 4) is 0 Å². The summed E-state index contributed by atoms with van der Waals surface area (Å²) in [6, 6.07) is 0. The number of carbonyl (C=O) groups excluding carboxylic acids is 3. The molecule has 8 fully saturated rings. The van der Waals surface area contributed by atoms with Crippen LogP contribution in [0.2, 0.25) is 0 Å². The third kappa shape index (κ3) is 9.53. The number of Topliss-reactive ketones (excluding diaryl/α,β-unsaturated/α-hetero) is 2. The zero-order valence-corrected chi connectivity index (χ0v) is 36.6. The Hall–Kier alpha value is -2.74. The lowest BCUT2D eigenvalue weighted by Gasteiger charge is -2.29. The predicted molar refractivity (Wildman–Crippen MR) is 216 cm³/mol. The van der Waals surface area contributed by atoms with Crippen LogP contribution in [0.1, 0.15) is 168 Å². The smallest absolute Gasteiger partial charge is 0.309 e. The first-order valence-corrected chi connectivity index (χ1v) is 22.0. The van der Waals surface area contributed by atoms with Gasteiger partial charge in [-0.05, 0) is 164 Å². The number of methoxy groups -OCH3 is 4. The van der Waals surface area contributed by atoms with E-state index in [1.165, 1.54) is 0 Å². The summed E-state index contributed by atoms with van der Waals surface area (Å²) in [6.45, 7) is 3.41. The number of rotatable bonds is 16. The first-order chi connectivity index (χ1) is 27.7. The van der Waals surface area contributed by atoms with Crippen molar-refractivity contribution in [2.24, 2.45) is 43.3 Å². The number of carboxylic acids is 3. The van der Waals surface area contributed by atoms with Gasteiger partial charge in [0.15, 0.2) is 12.6 Å². The van der Waals surface area contributed by atoms with Gasteiger partial charge < -0.3 is 39.1 Å². The molecule has 0 unspecified atom stereocenters. The van der Waals surface area contributed by atoms with Gasteiger partial charge in [-0.3, -0.25) is 24.0 Å². The van der Waals surface area contributed by atoms with Gasteiger partial charge in [0.2, 0.25) is 0 Å². The third-order valence-electron chi connectivity index (χ3n) is 17.6. The summed E-state index contributed by atoms with van der Waals surface area (Å²) in [6.07, 6.45) is 21.8. The fourth-order valence-electron chi connectivity index (χ4n) is 13.7. The quantitative estimate of drug-likeness (QED) is 0.0994. The standard InChI is InChI=1S/C13H22O3.C12H20O4.C11H16O3.C10H14O3/c1-10(14)13-6-4-12(9-13,5-7-13)8-11(15-2)16-3;1-15-9(16-2)7-11-3-5-12(8-11,6-4-11)10(13)14;1-8(12)11-4-2-10(7-11,3-5-11)6-9(13)14;11-6-5-9-1-3-10(7-9,4-2-9)8(12)13/h11H,4-9H2,1-3H3;9H,3-8H2,1-2H3,(H,13,14);2-7H2,1H3,(H,13,14);6H,1-5,7H2,(H,12,13). The lowest BCUT2D eigenvalue weighted by atomic mass is 9.79. The number of carboxylic acid groups (broad SMARTS) is 3. The molecule has 59 heavy (non-hydrogen) atoms. The van der Waals surface area contributed by atoms with Gasteiger partial charge in [-0.2, -0.15) is 0 Å². The lowest BCUT2D eigenvalue weighted by Crippen LogP contribution is -2.25. The van der Waals surface area contributed by atoms with Gasteiger partial charge in [0.05, 0.1) is 17.3 Å². The Morgan fingerprint density at radius 3 is 1.03 bits per heavy atom. The first kappa shape index (κ1) is 47.3. The zero-order chi connectivity index (χ0) is 43.5. The molecule has 334 valence electrons.